The van der Waals surface area contributed by atoms with E-state index in [9.17, 15) is 4.21 Å². The lowest BCUT2D eigenvalue weighted by molar-refractivity contribution is 0.261. The van der Waals surface area contributed by atoms with E-state index in [1.165, 1.54) is 0 Å². The van der Waals surface area contributed by atoms with Crippen molar-refractivity contribution in [2.75, 3.05) is 0 Å². The summed E-state index contributed by atoms with van der Waals surface area (Å²) in [6, 6.07) is 0. The first-order valence-corrected chi connectivity index (χ1v) is 1.97. The van der Waals surface area contributed by atoms with Gasteiger partial charge >= 0.3 is 11.4 Å². The van der Waals surface area contributed by atoms with E-state index in [0.29, 0.717) is 0 Å². The fourth-order valence-corrected chi connectivity index (χ4v) is 0.0680. The summed E-state index contributed by atoms with van der Waals surface area (Å²) < 4.78 is 16.6. The maximum atomic E-state index is 9.60. The van der Waals surface area contributed by atoms with E-state index in [0.717, 1.165) is 0 Å². The van der Waals surface area contributed by atoms with E-state index in [1.54, 1.807) is 0 Å². The highest BCUT2D eigenvalue weighted by Gasteiger charge is 1.87. The Hall–Kier alpha value is -0.0100. The predicted molar refractivity (Wildman–Crippen MR) is 18.7 cm³/mol. The molecule has 6 heavy (non-hydrogen) atoms. The van der Waals surface area contributed by atoms with Crippen molar-refractivity contribution in [2.24, 2.45) is 11.8 Å². The average molecular weight is 112 g/mol. The number of hydrogen-bond acceptors (Lipinski definition) is 5. The van der Waals surface area contributed by atoms with Crippen LogP contribution >= 0.6 is 0 Å². The van der Waals surface area contributed by atoms with Crippen molar-refractivity contribution in [1.82, 2.24) is 0 Å². The van der Waals surface area contributed by atoms with Crippen LogP contribution < -0.4 is 11.8 Å². The van der Waals surface area contributed by atoms with Crippen molar-refractivity contribution in [1.29, 1.82) is 0 Å². The highest BCUT2D eigenvalue weighted by Crippen LogP contribution is 1.69. The normalized spacial score (nSPS) is 9.83. The summed E-state index contributed by atoms with van der Waals surface area (Å²) in [4.78, 5) is 0. The lowest BCUT2D eigenvalue weighted by Gasteiger charge is -1.85. The molecule has 0 heterocycles. The van der Waals surface area contributed by atoms with E-state index in [4.69, 9.17) is 0 Å². The summed E-state index contributed by atoms with van der Waals surface area (Å²) in [5.74, 6) is 8.55. The number of nitrogens with two attached hydrogens (primary N) is 2. The minimum atomic E-state index is -1.98. The van der Waals surface area contributed by atoms with Gasteiger partial charge in [0, 0.05) is 0 Å². The van der Waals surface area contributed by atoms with Crippen molar-refractivity contribution >= 4 is 11.4 Å². The van der Waals surface area contributed by atoms with E-state index >= 15 is 0 Å². The van der Waals surface area contributed by atoms with Gasteiger partial charge in [0.25, 0.3) is 0 Å². The topological polar surface area (TPSA) is 87.6 Å². The molecule has 0 rings (SSSR count). The Labute approximate surface area is 37.0 Å². The van der Waals surface area contributed by atoms with Crippen LogP contribution in [0.3, 0.4) is 0 Å². The molecule has 0 aromatic rings. The van der Waals surface area contributed by atoms with Crippen LogP contribution in [0.25, 0.3) is 0 Å². The average Bonchev–Trinajstić information content (AvgIpc) is 1.65. The van der Waals surface area contributed by atoms with Gasteiger partial charge < -0.3 is 0 Å². The lowest BCUT2D eigenvalue weighted by atomic mass is 13.6. The summed E-state index contributed by atoms with van der Waals surface area (Å²) in [6.45, 7) is 0. The van der Waals surface area contributed by atoms with Crippen LogP contribution in [0.5, 0.6) is 0 Å². The monoisotopic (exact) mass is 112 g/mol. The largest absolute Gasteiger partial charge is 0.339 e. The van der Waals surface area contributed by atoms with Gasteiger partial charge in [0.1, 0.15) is 0 Å². The number of hydrogen-bond donors (Lipinski definition) is 2. The molecular formula is H4N2O3S. The molecule has 4 N–H and O–H groups in total. The fraction of sp³-hybridized carbons (Fsp3) is 0. The molecule has 0 atom stereocenters. The fourth-order valence-electron chi connectivity index (χ4n) is 0.0227. The third-order valence-corrected chi connectivity index (χ3v) is 0.471. The summed E-state index contributed by atoms with van der Waals surface area (Å²) in [5.41, 5.74) is 0. The summed E-state index contributed by atoms with van der Waals surface area (Å²) in [6.07, 6.45) is 0. The van der Waals surface area contributed by atoms with Crippen LogP contribution in [-0.2, 0) is 19.9 Å². The zero-order chi connectivity index (χ0) is 4.99. The molecule has 0 fully saturated rings. The third-order valence-electron chi connectivity index (χ3n) is 0.157. The maximum Gasteiger partial charge on any atom is 0.339 e. The van der Waals surface area contributed by atoms with E-state index in [-0.39, 0.29) is 0 Å². The Kier molecular flexibility index (Phi) is 3.19. The molecule has 0 amide bonds. The molecule has 0 aliphatic carbocycles. The molecule has 0 radical (unpaired) electrons. The Bertz CT molecular complexity index is 46.8. The molecule has 0 aliphatic rings. The molecule has 6 heteroatoms. The van der Waals surface area contributed by atoms with E-state index < -0.39 is 11.4 Å². The molecule has 0 spiro atoms. The summed E-state index contributed by atoms with van der Waals surface area (Å²) in [7, 11) is 0. The SMILES string of the molecule is NOS(=O)ON. The van der Waals surface area contributed by atoms with E-state index in [1.807, 2.05) is 0 Å². The van der Waals surface area contributed by atoms with Gasteiger partial charge in [0.2, 0.25) is 0 Å². The van der Waals surface area contributed by atoms with Crippen molar-refractivity contribution in [3.05, 3.63) is 0 Å². The summed E-state index contributed by atoms with van der Waals surface area (Å²) in [5, 5.41) is 0. The predicted octanol–water partition coefficient (Wildman–Crippen LogP) is -1.65. The lowest BCUT2D eigenvalue weighted by Crippen LogP contribution is -2.10. The van der Waals surface area contributed by atoms with Gasteiger partial charge in [-0.25, -0.2) is 0 Å². The van der Waals surface area contributed by atoms with Crippen LogP contribution in [0.2, 0.25) is 0 Å². The highest BCUT2D eigenvalue weighted by molar-refractivity contribution is 7.75. The zero-order valence-corrected chi connectivity index (χ0v) is 3.60. The smallest absolute Gasteiger partial charge is 0.198 e. The molecule has 0 aromatic carbocycles. The second-order valence-corrected chi connectivity index (χ2v) is 1.19. The van der Waals surface area contributed by atoms with E-state index in [2.05, 4.69) is 20.4 Å². The Morgan fingerprint density at radius 3 is 1.67 bits per heavy atom. The third kappa shape index (κ3) is 2.24. The van der Waals surface area contributed by atoms with Crippen molar-refractivity contribution in [3.63, 3.8) is 0 Å². The first kappa shape index (κ1) is 5.99. The number of rotatable bonds is 2. The first-order chi connectivity index (χ1) is 2.81. The van der Waals surface area contributed by atoms with Gasteiger partial charge in [-0.3, -0.25) is 0 Å². The molecular weight excluding hydrogens is 108 g/mol. The standard InChI is InChI=1S/H4N2O3S/c1-4-6(3)5-2/h1-2H2. The van der Waals surface area contributed by atoms with Gasteiger partial charge in [0.15, 0.2) is 0 Å². The minimum Gasteiger partial charge on any atom is -0.198 e. The van der Waals surface area contributed by atoms with Crippen LogP contribution in [-0.4, -0.2) is 4.21 Å². The van der Waals surface area contributed by atoms with Crippen LogP contribution in [0, 0.1) is 0 Å². The van der Waals surface area contributed by atoms with Gasteiger partial charge in [-0.1, -0.05) is 0 Å². The van der Waals surface area contributed by atoms with Crippen molar-refractivity contribution in [2.45, 2.75) is 0 Å². The maximum absolute atomic E-state index is 9.60. The molecule has 0 saturated carbocycles. The van der Waals surface area contributed by atoms with Gasteiger partial charge in [-0.15, -0.1) is 0 Å². The van der Waals surface area contributed by atoms with Gasteiger partial charge in [-0.2, -0.15) is 24.6 Å². The van der Waals surface area contributed by atoms with Crippen LogP contribution in [0.4, 0.5) is 0 Å². The first-order valence-electron chi connectivity index (χ1n) is 0.971. The molecule has 5 nitrogen and oxygen atoms in total. The second kappa shape index (κ2) is 3.19. The molecule has 38 valence electrons. The minimum absolute atomic E-state index is 1.98. The highest BCUT2D eigenvalue weighted by atomic mass is 32.2. The van der Waals surface area contributed by atoms with Crippen LogP contribution in [0.1, 0.15) is 0 Å². The molecule has 0 bridgehead atoms. The molecule has 0 aromatic heterocycles. The van der Waals surface area contributed by atoms with Gasteiger partial charge in [-0.05, 0) is 0 Å². The van der Waals surface area contributed by atoms with Gasteiger partial charge in [0.05, 0.1) is 0 Å². The van der Waals surface area contributed by atoms with Crippen LogP contribution in [0.15, 0.2) is 0 Å². The Morgan fingerprint density at radius 2 is 1.67 bits per heavy atom. The van der Waals surface area contributed by atoms with Crippen molar-refractivity contribution in [3.8, 4) is 0 Å². The van der Waals surface area contributed by atoms with Crippen molar-refractivity contribution < 1.29 is 12.8 Å². The quantitative estimate of drug-likeness (QED) is 0.418. The molecule has 0 aliphatic heterocycles. The second-order valence-electron chi connectivity index (χ2n) is 0.397. The zero-order valence-electron chi connectivity index (χ0n) is 2.79. The summed E-state index contributed by atoms with van der Waals surface area (Å²) >= 11 is -1.98. The molecule has 0 unspecified atom stereocenters. The molecule has 0 saturated heterocycles. The Balaban J connectivity index is 2.99. The Morgan fingerprint density at radius 1 is 1.33 bits per heavy atom.